The highest BCUT2D eigenvalue weighted by Gasteiger charge is 2.24. The lowest BCUT2D eigenvalue weighted by Gasteiger charge is -2.37. The van der Waals surface area contributed by atoms with E-state index in [1.807, 2.05) is 25.1 Å². The predicted octanol–water partition coefficient (Wildman–Crippen LogP) is 4.49. The zero-order valence-corrected chi connectivity index (χ0v) is 19.1. The maximum atomic E-state index is 13.1. The van der Waals surface area contributed by atoms with Gasteiger partial charge in [-0.05, 0) is 29.8 Å². The van der Waals surface area contributed by atoms with E-state index < -0.39 is 0 Å². The van der Waals surface area contributed by atoms with Gasteiger partial charge >= 0.3 is 0 Å². The number of carbonyl (C=O) groups excluding carboxylic acids is 1. The van der Waals surface area contributed by atoms with Gasteiger partial charge in [-0.1, -0.05) is 37.3 Å². The average molecular weight is 457 g/mol. The minimum atomic E-state index is -0.315. The number of Topliss-reactive ketones (excluding diaryl/α,β-unsaturated/α-hetero) is 1. The molecule has 7 heteroatoms. The molecule has 2 aromatic rings. The van der Waals surface area contributed by atoms with E-state index in [-0.39, 0.29) is 48.4 Å². The highest BCUT2D eigenvalue weighted by atomic mass is 35.5. The topological polar surface area (TPSA) is 32.8 Å². The average Bonchev–Trinajstić information content (AvgIpc) is 2.74. The minimum absolute atomic E-state index is 0. The van der Waals surface area contributed by atoms with Crippen LogP contribution in [0.25, 0.3) is 0 Å². The largest absolute Gasteiger partial charge is 0.375 e. The van der Waals surface area contributed by atoms with Crippen LogP contribution in [-0.2, 0) is 4.74 Å². The summed E-state index contributed by atoms with van der Waals surface area (Å²) in [6, 6.07) is 16.1. The van der Waals surface area contributed by atoms with Gasteiger partial charge in [0.25, 0.3) is 0 Å². The second-order valence-electron chi connectivity index (χ2n) is 7.51. The first-order valence-electron chi connectivity index (χ1n) is 9.89. The van der Waals surface area contributed by atoms with E-state index in [4.69, 9.17) is 4.74 Å². The van der Waals surface area contributed by atoms with Gasteiger partial charge in [0.15, 0.2) is 5.78 Å². The lowest BCUT2D eigenvalue weighted by Crippen LogP contribution is -2.49. The fourth-order valence-corrected chi connectivity index (χ4v) is 3.74. The summed E-state index contributed by atoms with van der Waals surface area (Å²) in [5.74, 6) is -0.343. The zero-order chi connectivity index (χ0) is 19.9. The molecule has 2 aromatic carbocycles. The summed E-state index contributed by atoms with van der Waals surface area (Å²) in [5, 5.41) is 0. The Labute approximate surface area is 191 Å². The third-order valence-electron chi connectivity index (χ3n) is 5.45. The number of piperazine rings is 1. The Bertz CT molecular complexity index is 754. The Morgan fingerprint density at radius 1 is 0.933 bits per heavy atom. The number of rotatable bonds is 8. The fourth-order valence-electron chi connectivity index (χ4n) is 3.74. The van der Waals surface area contributed by atoms with Crippen molar-refractivity contribution in [2.45, 2.75) is 13.0 Å². The summed E-state index contributed by atoms with van der Waals surface area (Å²) >= 11 is 0. The molecule has 30 heavy (non-hydrogen) atoms. The number of ether oxygens (including phenoxy) is 1. The van der Waals surface area contributed by atoms with Crippen LogP contribution in [0.5, 0.6) is 0 Å². The van der Waals surface area contributed by atoms with Crippen molar-refractivity contribution in [3.05, 3.63) is 71.5 Å². The molecular weight excluding hydrogens is 426 g/mol. The second kappa shape index (κ2) is 13.0. The third kappa shape index (κ3) is 7.33. The van der Waals surface area contributed by atoms with Gasteiger partial charge in [0.05, 0.1) is 6.10 Å². The Hall–Kier alpha value is -1.50. The summed E-state index contributed by atoms with van der Waals surface area (Å²) in [5.41, 5.74) is 1.78. The Balaban J connectivity index is 0.00000225. The van der Waals surface area contributed by atoms with Crippen molar-refractivity contribution < 1.29 is 13.9 Å². The van der Waals surface area contributed by atoms with E-state index in [1.165, 1.54) is 17.7 Å². The number of methoxy groups -OCH3 is 1. The van der Waals surface area contributed by atoms with Crippen LogP contribution in [0, 0.1) is 11.7 Å². The molecule has 0 radical (unpaired) electrons. The first-order chi connectivity index (χ1) is 13.6. The number of carbonyl (C=O) groups is 1. The van der Waals surface area contributed by atoms with Crippen LogP contribution in [0.1, 0.15) is 28.9 Å². The van der Waals surface area contributed by atoms with Crippen molar-refractivity contribution in [1.82, 2.24) is 9.80 Å². The molecule has 166 valence electrons. The summed E-state index contributed by atoms with van der Waals surface area (Å²) in [6.07, 6.45) is 0.0757. The molecule has 1 aliphatic rings. The van der Waals surface area contributed by atoms with Crippen molar-refractivity contribution in [2.24, 2.45) is 5.92 Å². The number of nitrogens with zero attached hydrogens (tertiary/aromatic N) is 2. The molecule has 1 saturated heterocycles. The molecule has 0 spiro atoms. The molecule has 1 heterocycles. The Kier molecular flexibility index (Phi) is 11.5. The van der Waals surface area contributed by atoms with E-state index in [0.29, 0.717) is 5.56 Å². The van der Waals surface area contributed by atoms with Crippen molar-refractivity contribution in [1.29, 1.82) is 0 Å². The molecule has 0 saturated carbocycles. The van der Waals surface area contributed by atoms with Gasteiger partial charge in [0.1, 0.15) is 5.82 Å². The molecule has 3 rings (SSSR count). The minimum Gasteiger partial charge on any atom is -0.375 e. The summed E-state index contributed by atoms with van der Waals surface area (Å²) in [6.45, 7) is 7.36. The molecule has 1 aliphatic heterocycles. The lowest BCUT2D eigenvalue weighted by molar-refractivity contribution is 0.0392. The van der Waals surface area contributed by atoms with Crippen molar-refractivity contribution in [3.8, 4) is 0 Å². The van der Waals surface area contributed by atoms with Gasteiger partial charge < -0.3 is 9.64 Å². The number of benzene rings is 2. The van der Waals surface area contributed by atoms with Crippen LogP contribution in [0.4, 0.5) is 4.39 Å². The van der Waals surface area contributed by atoms with Crippen molar-refractivity contribution >= 4 is 30.6 Å². The van der Waals surface area contributed by atoms with Crippen molar-refractivity contribution in [2.75, 3.05) is 46.4 Å². The molecule has 1 fully saturated rings. The molecule has 0 aliphatic carbocycles. The van der Waals surface area contributed by atoms with Crippen LogP contribution < -0.4 is 0 Å². The van der Waals surface area contributed by atoms with Crippen LogP contribution >= 0.6 is 24.8 Å². The summed E-state index contributed by atoms with van der Waals surface area (Å²) in [4.78, 5) is 17.3. The van der Waals surface area contributed by atoms with E-state index in [0.717, 1.165) is 39.3 Å². The molecule has 0 bridgehead atoms. The van der Waals surface area contributed by atoms with Gasteiger partial charge in [-0.2, -0.15) is 0 Å². The lowest BCUT2D eigenvalue weighted by atomic mass is 9.98. The smallest absolute Gasteiger partial charge is 0.166 e. The van der Waals surface area contributed by atoms with Crippen LogP contribution in [-0.4, -0.2) is 62.0 Å². The first-order valence-corrected chi connectivity index (χ1v) is 9.89. The van der Waals surface area contributed by atoms with E-state index in [2.05, 4.69) is 21.9 Å². The molecular formula is C23H31Cl2FN2O2. The monoisotopic (exact) mass is 456 g/mol. The highest BCUT2D eigenvalue weighted by molar-refractivity contribution is 5.97. The second-order valence-corrected chi connectivity index (χ2v) is 7.51. The number of hydrogen-bond donors (Lipinski definition) is 0. The van der Waals surface area contributed by atoms with Gasteiger partial charge in [0.2, 0.25) is 0 Å². The summed E-state index contributed by atoms with van der Waals surface area (Å²) < 4.78 is 18.7. The third-order valence-corrected chi connectivity index (χ3v) is 5.45. The van der Waals surface area contributed by atoms with Gasteiger partial charge in [-0.25, -0.2) is 4.39 Å². The van der Waals surface area contributed by atoms with E-state index in [9.17, 15) is 9.18 Å². The van der Waals surface area contributed by atoms with Crippen LogP contribution in [0.3, 0.4) is 0 Å². The SMILES string of the molecule is COC(CN1CCN(CC(C)C(=O)c2ccc(F)cc2)CC1)c1ccccc1.Cl.Cl. The van der Waals surface area contributed by atoms with Gasteiger partial charge in [-0.3, -0.25) is 9.69 Å². The normalized spacial score (nSPS) is 16.8. The van der Waals surface area contributed by atoms with Gasteiger partial charge in [0, 0.05) is 57.9 Å². The Morgan fingerprint density at radius 3 is 2.00 bits per heavy atom. The number of ketones is 1. The first kappa shape index (κ1) is 26.5. The van der Waals surface area contributed by atoms with Crippen LogP contribution in [0.2, 0.25) is 0 Å². The molecule has 4 nitrogen and oxygen atoms in total. The maximum absolute atomic E-state index is 13.1. The van der Waals surface area contributed by atoms with E-state index in [1.54, 1.807) is 19.2 Å². The molecule has 2 unspecified atom stereocenters. The fraction of sp³-hybridized carbons (Fsp3) is 0.435. The maximum Gasteiger partial charge on any atom is 0.166 e. The number of halogens is 3. The van der Waals surface area contributed by atoms with Crippen LogP contribution in [0.15, 0.2) is 54.6 Å². The predicted molar refractivity (Wildman–Crippen MR) is 123 cm³/mol. The van der Waals surface area contributed by atoms with Gasteiger partial charge in [-0.15, -0.1) is 24.8 Å². The molecule has 0 aromatic heterocycles. The number of hydrogen-bond acceptors (Lipinski definition) is 4. The van der Waals surface area contributed by atoms with Crippen molar-refractivity contribution in [3.63, 3.8) is 0 Å². The highest BCUT2D eigenvalue weighted by Crippen LogP contribution is 2.19. The molecule has 0 N–H and O–H groups in total. The quantitative estimate of drug-likeness (QED) is 0.547. The molecule has 2 atom stereocenters. The molecule has 0 amide bonds. The standard InChI is InChI=1S/C23H29FN2O2.2ClH/c1-18(23(27)20-8-10-21(24)11-9-20)16-25-12-14-26(15-13-25)17-22(28-2)19-6-4-3-5-7-19;;/h3-11,18,22H,12-17H2,1-2H3;2*1H. The van der Waals surface area contributed by atoms with E-state index >= 15 is 0 Å². The zero-order valence-electron chi connectivity index (χ0n) is 17.5. The summed E-state index contributed by atoms with van der Waals surface area (Å²) in [7, 11) is 1.76. The Morgan fingerprint density at radius 2 is 1.47 bits per heavy atom.